The summed E-state index contributed by atoms with van der Waals surface area (Å²) >= 11 is 1.12. The molecule has 3 aromatic heterocycles. The summed E-state index contributed by atoms with van der Waals surface area (Å²) in [7, 11) is 0. The minimum absolute atomic E-state index is 0.123. The Bertz CT molecular complexity index is 1390. The Morgan fingerprint density at radius 2 is 2.00 bits per heavy atom. The van der Waals surface area contributed by atoms with E-state index >= 15 is 4.39 Å². The van der Waals surface area contributed by atoms with E-state index in [-0.39, 0.29) is 41.8 Å². The third-order valence-electron chi connectivity index (χ3n) is 5.00. The lowest BCUT2D eigenvalue weighted by Crippen LogP contribution is -2.36. The highest BCUT2D eigenvalue weighted by molar-refractivity contribution is 7.18. The largest absolute Gasteiger partial charge is 0.424 e. The molecule has 1 N–H and O–H groups in total. The van der Waals surface area contributed by atoms with Crippen molar-refractivity contribution in [3.63, 3.8) is 0 Å². The minimum atomic E-state index is -0.759. The van der Waals surface area contributed by atoms with Gasteiger partial charge >= 0.3 is 0 Å². The molecule has 1 aliphatic rings. The van der Waals surface area contributed by atoms with Crippen molar-refractivity contribution in [1.82, 2.24) is 25.5 Å². The van der Waals surface area contributed by atoms with Gasteiger partial charge < -0.3 is 9.73 Å². The molecule has 8 nitrogen and oxygen atoms in total. The molecular weight excluding hydrogens is 438 g/mol. The third-order valence-corrected chi connectivity index (χ3v) is 6.06. The molecular formula is C21H14F2N6O2S. The molecule has 1 amide bonds. The Kier molecular flexibility index (Phi) is 4.86. The number of aromatic nitrogens is 4. The number of hydrogen-bond donors (Lipinski definition) is 1. The van der Waals surface area contributed by atoms with E-state index in [1.54, 1.807) is 6.07 Å². The standard InChI is InChI=1S/C21H14F2N6O2S/c22-14-3-1-2-12(25-14)11-4-5-13-20(19(11)23)32-18(26-13)9-17-29-28-16(31-17)8-15(30)27-21(10-24)6-7-21/h1-5H,6-9H2,(H,27,30). The number of pyridine rings is 1. The monoisotopic (exact) mass is 452 g/mol. The Balaban J connectivity index is 1.32. The quantitative estimate of drug-likeness (QED) is 0.446. The predicted octanol–water partition coefficient (Wildman–Crippen LogP) is 3.33. The predicted molar refractivity (Wildman–Crippen MR) is 109 cm³/mol. The maximum absolute atomic E-state index is 15.0. The molecule has 0 bridgehead atoms. The van der Waals surface area contributed by atoms with E-state index in [1.807, 2.05) is 0 Å². The number of carbonyl (C=O) groups excluding carboxylic acids is 1. The van der Waals surface area contributed by atoms with Crippen LogP contribution < -0.4 is 5.32 Å². The summed E-state index contributed by atoms with van der Waals surface area (Å²) in [5.74, 6) is -1.22. The maximum Gasteiger partial charge on any atom is 0.230 e. The van der Waals surface area contributed by atoms with Crippen LogP contribution in [0.1, 0.15) is 29.6 Å². The van der Waals surface area contributed by atoms with Gasteiger partial charge in [0.25, 0.3) is 0 Å². The molecule has 32 heavy (non-hydrogen) atoms. The van der Waals surface area contributed by atoms with Crippen molar-refractivity contribution >= 4 is 27.5 Å². The van der Waals surface area contributed by atoms with Gasteiger partial charge in [0.1, 0.15) is 17.0 Å². The van der Waals surface area contributed by atoms with Crippen molar-refractivity contribution in [3.8, 4) is 17.3 Å². The highest BCUT2D eigenvalue weighted by Crippen LogP contribution is 2.34. The van der Waals surface area contributed by atoms with Gasteiger partial charge in [-0.05, 0) is 37.1 Å². The number of fused-ring (bicyclic) bond motifs is 1. The Morgan fingerprint density at radius 3 is 2.75 bits per heavy atom. The van der Waals surface area contributed by atoms with Gasteiger partial charge in [-0.15, -0.1) is 21.5 Å². The molecule has 0 spiro atoms. The third kappa shape index (κ3) is 3.92. The molecule has 160 valence electrons. The number of nitrogens with zero attached hydrogens (tertiary/aromatic N) is 5. The number of rotatable bonds is 6. The number of hydrogen-bond acceptors (Lipinski definition) is 8. The van der Waals surface area contributed by atoms with E-state index in [4.69, 9.17) is 9.68 Å². The number of carbonyl (C=O) groups is 1. The number of amides is 1. The van der Waals surface area contributed by atoms with Gasteiger partial charge in [0.05, 0.1) is 28.4 Å². The molecule has 0 saturated heterocycles. The van der Waals surface area contributed by atoms with Crippen LogP contribution in [0.2, 0.25) is 0 Å². The zero-order valence-corrected chi connectivity index (χ0v) is 17.2. The lowest BCUT2D eigenvalue weighted by Gasteiger charge is -2.06. The lowest BCUT2D eigenvalue weighted by molar-refractivity contribution is -0.121. The molecule has 1 aromatic carbocycles. The average molecular weight is 452 g/mol. The van der Waals surface area contributed by atoms with Gasteiger partial charge in [-0.2, -0.15) is 9.65 Å². The fourth-order valence-electron chi connectivity index (χ4n) is 3.24. The first kappa shape index (κ1) is 20.1. The molecule has 1 aliphatic carbocycles. The van der Waals surface area contributed by atoms with Gasteiger partial charge in [-0.3, -0.25) is 4.79 Å². The van der Waals surface area contributed by atoms with E-state index < -0.39 is 17.3 Å². The fraction of sp³-hybridized carbons (Fsp3) is 0.238. The molecule has 5 rings (SSSR count). The van der Waals surface area contributed by atoms with Crippen molar-refractivity contribution in [2.24, 2.45) is 0 Å². The van der Waals surface area contributed by atoms with Gasteiger partial charge in [0, 0.05) is 5.56 Å². The molecule has 3 heterocycles. The summed E-state index contributed by atoms with van der Waals surface area (Å²) in [5, 5.41) is 20.0. The number of nitriles is 1. The average Bonchev–Trinajstić information content (AvgIpc) is 3.19. The molecule has 0 radical (unpaired) electrons. The summed E-state index contributed by atoms with van der Waals surface area (Å²) in [6.45, 7) is 0. The van der Waals surface area contributed by atoms with Gasteiger partial charge in [-0.1, -0.05) is 6.07 Å². The highest BCUT2D eigenvalue weighted by atomic mass is 32.1. The lowest BCUT2D eigenvalue weighted by atomic mass is 10.1. The van der Waals surface area contributed by atoms with Crippen LogP contribution in [0.4, 0.5) is 8.78 Å². The second-order valence-corrected chi connectivity index (χ2v) is 8.50. The van der Waals surface area contributed by atoms with Crippen molar-refractivity contribution in [2.75, 3.05) is 0 Å². The van der Waals surface area contributed by atoms with Gasteiger partial charge in [0.2, 0.25) is 23.6 Å². The SMILES string of the molecule is N#CC1(NC(=O)Cc2nnc(Cc3nc4ccc(-c5cccc(F)n5)c(F)c4s3)o2)CC1. The number of thiazole rings is 1. The zero-order valence-electron chi connectivity index (χ0n) is 16.4. The number of nitrogens with one attached hydrogen (secondary N) is 1. The molecule has 0 unspecified atom stereocenters. The van der Waals surface area contributed by atoms with Crippen molar-refractivity contribution < 1.29 is 18.0 Å². The molecule has 11 heteroatoms. The van der Waals surface area contributed by atoms with Crippen LogP contribution in [0.5, 0.6) is 0 Å². The molecule has 4 aromatic rings. The molecule has 1 fully saturated rings. The van der Waals surface area contributed by atoms with E-state index in [1.165, 1.54) is 24.3 Å². The fourth-order valence-corrected chi connectivity index (χ4v) is 4.23. The normalized spacial score (nSPS) is 14.3. The number of benzene rings is 1. The van der Waals surface area contributed by atoms with Crippen molar-refractivity contribution in [3.05, 3.63) is 58.9 Å². The Morgan fingerprint density at radius 1 is 1.19 bits per heavy atom. The van der Waals surface area contributed by atoms with Crippen LogP contribution in [0.15, 0.2) is 34.7 Å². The first-order valence-electron chi connectivity index (χ1n) is 9.69. The van der Waals surface area contributed by atoms with E-state index in [0.29, 0.717) is 28.1 Å². The van der Waals surface area contributed by atoms with Crippen LogP contribution in [0, 0.1) is 23.1 Å². The summed E-state index contributed by atoms with van der Waals surface area (Å²) < 4.78 is 34.3. The first-order chi connectivity index (χ1) is 15.4. The van der Waals surface area contributed by atoms with E-state index in [9.17, 15) is 9.18 Å². The van der Waals surface area contributed by atoms with Crippen LogP contribution in [-0.4, -0.2) is 31.6 Å². The van der Waals surface area contributed by atoms with Crippen LogP contribution in [0.3, 0.4) is 0 Å². The Hall–Kier alpha value is -3.78. The summed E-state index contributed by atoms with van der Waals surface area (Å²) in [6, 6.07) is 9.44. The summed E-state index contributed by atoms with van der Waals surface area (Å²) in [5.41, 5.74) is 0.0749. The van der Waals surface area contributed by atoms with E-state index in [2.05, 4.69) is 31.6 Å². The van der Waals surface area contributed by atoms with Crippen molar-refractivity contribution in [1.29, 1.82) is 5.26 Å². The Labute approximate surface area is 183 Å². The summed E-state index contributed by atoms with van der Waals surface area (Å²) in [6.07, 6.45) is 1.31. The zero-order chi connectivity index (χ0) is 22.3. The van der Waals surface area contributed by atoms with Gasteiger partial charge in [0.15, 0.2) is 5.82 Å². The van der Waals surface area contributed by atoms with Gasteiger partial charge in [-0.25, -0.2) is 14.4 Å². The second-order valence-electron chi connectivity index (χ2n) is 7.41. The molecule has 0 aliphatic heterocycles. The minimum Gasteiger partial charge on any atom is -0.424 e. The topological polar surface area (TPSA) is 118 Å². The number of halogens is 2. The summed E-state index contributed by atoms with van der Waals surface area (Å²) in [4.78, 5) is 20.2. The second kappa shape index (κ2) is 7.72. The van der Waals surface area contributed by atoms with Crippen molar-refractivity contribution in [2.45, 2.75) is 31.2 Å². The van der Waals surface area contributed by atoms with E-state index in [0.717, 1.165) is 11.3 Å². The molecule has 0 atom stereocenters. The van der Waals surface area contributed by atoms with Crippen LogP contribution in [-0.2, 0) is 17.6 Å². The smallest absolute Gasteiger partial charge is 0.230 e. The van der Waals surface area contributed by atoms with Crippen LogP contribution >= 0.6 is 11.3 Å². The molecule has 1 saturated carbocycles. The maximum atomic E-state index is 15.0. The highest BCUT2D eigenvalue weighted by Gasteiger charge is 2.44. The first-order valence-corrected chi connectivity index (χ1v) is 10.5. The van der Waals surface area contributed by atoms with Crippen LogP contribution in [0.25, 0.3) is 21.5 Å².